The van der Waals surface area contributed by atoms with Gasteiger partial charge in [0.15, 0.2) is 5.75 Å². The number of hydrogen-bond donors (Lipinski definition) is 2. The number of fused-ring (bicyclic) bond motifs is 1. The summed E-state index contributed by atoms with van der Waals surface area (Å²) in [7, 11) is 0. The second kappa shape index (κ2) is 5.70. The number of nitrogens with zero attached hydrogens (tertiary/aromatic N) is 3. The predicted octanol–water partition coefficient (Wildman–Crippen LogP) is 4.18. The van der Waals surface area contributed by atoms with Gasteiger partial charge in [0.25, 0.3) is 0 Å². The van der Waals surface area contributed by atoms with Gasteiger partial charge in [-0.15, -0.1) is 15.0 Å². The molecule has 4 aromatic rings. The molecule has 0 atom stereocenters. The maximum Gasteiger partial charge on any atom is 0.166 e. The van der Waals surface area contributed by atoms with Gasteiger partial charge in [-0.25, -0.2) is 0 Å². The van der Waals surface area contributed by atoms with Gasteiger partial charge in [-0.1, -0.05) is 30.3 Å². The molecule has 0 spiro atoms. The first-order valence-corrected chi connectivity index (χ1v) is 7.69. The molecule has 0 aliphatic carbocycles. The third-order valence-corrected chi connectivity index (χ3v) is 3.79. The standard InChI is InChI=1S/C19H16N4O/c1-13-11-17(20-14-7-3-2-4-8-14)19(24)18(12-13)23-21-15-9-5-6-10-16(15)22-23/h2-12,20,24H,1H3. The van der Waals surface area contributed by atoms with E-state index in [0.717, 1.165) is 22.3 Å². The Morgan fingerprint density at radius 2 is 1.50 bits per heavy atom. The van der Waals surface area contributed by atoms with E-state index in [1.807, 2.05) is 73.7 Å². The Bertz CT molecular complexity index is 975. The predicted molar refractivity (Wildman–Crippen MR) is 95.0 cm³/mol. The lowest BCUT2D eigenvalue weighted by Crippen LogP contribution is -2.02. The normalized spacial score (nSPS) is 10.9. The van der Waals surface area contributed by atoms with Gasteiger partial charge in [-0.05, 0) is 48.9 Å². The largest absolute Gasteiger partial charge is 0.504 e. The van der Waals surface area contributed by atoms with E-state index >= 15 is 0 Å². The Kier molecular flexibility index (Phi) is 3.39. The summed E-state index contributed by atoms with van der Waals surface area (Å²) < 4.78 is 0. The summed E-state index contributed by atoms with van der Waals surface area (Å²) in [5, 5.41) is 22.8. The maximum absolute atomic E-state index is 10.7. The van der Waals surface area contributed by atoms with Crippen molar-refractivity contribution in [1.29, 1.82) is 0 Å². The molecule has 1 heterocycles. The lowest BCUT2D eigenvalue weighted by atomic mass is 10.1. The van der Waals surface area contributed by atoms with Crippen LogP contribution in [0.15, 0.2) is 66.7 Å². The minimum absolute atomic E-state index is 0.116. The van der Waals surface area contributed by atoms with Crippen molar-refractivity contribution in [2.24, 2.45) is 0 Å². The quantitative estimate of drug-likeness (QED) is 0.557. The summed E-state index contributed by atoms with van der Waals surface area (Å²) in [6, 6.07) is 21.1. The Morgan fingerprint density at radius 3 is 2.17 bits per heavy atom. The molecule has 2 N–H and O–H groups in total. The zero-order chi connectivity index (χ0) is 16.5. The lowest BCUT2D eigenvalue weighted by molar-refractivity contribution is 0.470. The fraction of sp³-hybridized carbons (Fsp3) is 0.0526. The van der Waals surface area contributed by atoms with E-state index in [1.165, 1.54) is 4.80 Å². The molecule has 0 fully saturated rings. The Hall–Kier alpha value is -3.34. The lowest BCUT2D eigenvalue weighted by Gasteiger charge is -2.12. The number of benzene rings is 3. The van der Waals surface area contributed by atoms with Crippen molar-refractivity contribution in [3.63, 3.8) is 0 Å². The van der Waals surface area contributed by atoms with Crippen molar-refractivity contribution >= 4 is 22.4 Å². The van der Waals surface area contributed by atoms with Crippen LogP contribution < -0.4 is 5.32 Å². The van der Waals surface area contributed by atoms with Gasteiger partial charge in [0.1, 0.15) is 16.7 Å². The van der Waals surface area contributed by atoms with Gasteiger partial charge in [0.05, 0.1) is 5.69 Å². The topological polar surface area (TPSA) is 63.0 Å². The number of hydrogen-bond acceptors (Lipinski definition) is 4. The molecule has 5 nitrogen and oxygen atoms in total. The first-order chi connectivity index (χ1) is 11.7. The molecule has 24 heavy (non-hydrogen) atoms. The summed E-state index contributed by atoms with van der Waals surface area (Å²) >= 11 is 0. The van der Waals surface area contributed by atoms with Crippen LogP contribution in [-0.4, -0.2) is 20.1 Å². The summed E-state index contributed by atoms with van der Waals surface area (Å²) in [5.41, 5.74) is 4.65. The zero-order valence-corrected chi connectivity index (χ0v) is 13.1. The van der Waals surface area contributed by atoms with Crippen molar-refractivity contribution < 1.29 is 5.11 Å². The molecule has 0 radical (unpaired) electrons. The average Bonchev–Trinajstić information content (AvgIpc) is 3.02. The van der Waals surface area contributed by atoms with Crippen LogP contribution in [0, 0.1) is 6.92 Å². The number of nitrogens with one attached hydrogen (secondary N) is 1. The zero-order valence-electron chi connectivity index (χ0n) is 13.1. The fourth-order valence-electron chi connectivity index (χ4n) is 2.65. The highest BCUT2D eigenvalue weighted by molar-refractivity contribution is 5.75. The summed E-state index contributed by atoms with van der Waals surface area (Å²) in [6.45, 7) is 1.97. The Morgan fingerprint density at radius 1 is 0.875 bits per heavy atom. The molecule has 4 rings (SSSR count). The van der Waals surface area contributed by atoms with Gasteiger partial charge in [-0.2, -0.15) is 0 Å². The smallest absolute Gasteiger partial charge is 0.166 e. The SMILES string of the molecule is Cc1cc(Nc2ccccc2)c(O)c(-n2nc3ccccc3n2)c1. The number of phenols is 1. The van der Waals surface area contributed by atoms with Crippen molar-refractivity contribution in [1.82, 2.24) is 15.0 Å². The van der Waals surface area contributed by atoms with Gasteiger partial charge >= 0.3 is 0 Å². The van der Waals surface area contributed by atoms with Gasteiger partial charge in [0.2, 0.25) is 0 Å². The summed E-state index contributed by atoms with van der Waals surface area (Å²) in [6.07, 6.45) is 0. The minimum atomic E-state index is 0.116. The molecule has 0 aliphatic rings. The minimum Gasteiger partial charge on any atom is -0.504 e. The van der Waals surface area contributed by atoms with Gasteiger partial charge < -0.3 is 10.4 Å². The third-order valence-electron chi connectivity index (χ3n) is 3.79. The number of aromatic nitrogens is 3. The molecule has 0 unspecified atom stereocenters. The molecule has 3 aromatic carbocycles. The number of anilines is 2. The van der Waals surface area contributed by atoms with Crippen LogP contribution in [0.1, 0.15) is 5.56 Å². The van der Waals surface area contributed by atoms with Gasteiger partial charge in [-0.3, -0.25) is 0 Å². The molecular weight excluding hydrogens is 300 g/mol. The number of rotatable bonds is 3. The number of para-hydroxylation sites is 1. The summed E-state index contributed by atoms with van der Waals surface area (Å²) in [4.78, 5) is 1.48. The molecule has 0 aliphatic heterocycles. The van der Waals surface area contributed by atoms with E-state index in [0.29, 0.717) is 11.4 Å². The maximum atomic E-state index is 10.7. The summed E-state index contributed by atoms with van der Waals surface area (Å²) in [5.74, 6) is 0.116. The molecule has 0 bridgehead atoms. The van der Waals surface area contributed by atoms with Crippen LogP contribution in [0.4, 0.5) is 11.4 Å². The highest BCUT2D eigenvalue weighted by Gasteiger charge is 2.13. The van der Waals surface area contributed by atoms with Crippen LogP contribution in [0.5, 0.6) is 5.75 Å². The van der Waals surface area contributed by atoms with Crippen LogP contribution >= 0.6 is 0 Å². The molecule has 0 amide bonds. The van der Waals surface area contributed by atoms with Crippen LogP contribution in [0.25, 0.3) is 16.7 Å². The number of phenolic OH excluding ortho intramolecular Hbond substituents is 1. The Labute approximate surface area is 139 Å². The van der Waals surface area contributed by atoms with Crippen LogP contribution in [0.2, 0.25) is 0 Å². The van der Waals surface area contributed by atoms with E-state index in [-0.39, 0.29) is 5.75 Å². The van der Waals surface area contributed by atoms with E-state index in [1.54, 1.807) is 0 Å². The first kappa shape index (κ1) is 14.3. The van der Waals surface area contributed by atoms with Crippen molar-refractivity contribution in [2.45, 2.75) is 6.92 Å². The highest BCUT2D eigenvalue weighted by Crippen LogP contribution is 2.34. The molecule has 0 saturated carbocycles. The molecule has 1 aromatic heterocycles. The molecule has 0 saturated heterocycles. The van der Waals surface area contributed by atoms with Crippen molar-refractivity contribution in [3.8, 4) is 11.4 Å². The fourth-order valence-corrected chi connectivity index (χ4v) is 2.65. The second-order valence-corrected chi connectivity index (χ2v) is 5.65. The Balaban J connectivity index is 1.81. The van der Waals surface area contributed by atoms with E-state index in [2.05, 4.69) is 15.5 Å². The van der Waals surface area contributed by atoms with E-state index in [9.17, 15) is 5.11 Å². The monoisotopic (exact) mass is 316 g/mol. The van der Waals surface area contributed by atoms with Crippen LogP contribution in [0.3, 0.4) is 0 Å². The molecular formula is C19H16N4O. The highest BCUT2D eigenvalue weighted by atomic mass is 16.3. The van der Waals surface area contributed by atoms with Crippen molar-refractivity contribution in [3.05, 3.63) is 72.3 Å². The van der Waals surface area contributed by atoms with Crippen molar-refractivity contribution in [2.75, 3.05) is 5.32 Å². The first-order valence-electron chi connectivity index (χ1n) is 7.69. The average molecular weight is 316 g/mol. The van der Waals surface area contributed by atoms with Crippen LogP contribution in [-0.2, 0) is 0 Å². The molecule has 118 valence electrons. The van der Waals surface area contributed by atoms with E-state index < -0.39 is 0 Å². The second-order valence-electron chi connectivity index (χ2n) is 5.65. The van der Waals surface area contributed by atoms with E-state index in [4.69, 9.17) is 0 Å². The number of aromatic hydroxyl groups is 1. The molecule has 5 heteroatoms. The number of aryl methyl sites for hydroxylation is 1. The third kappa shape index (κ3) is 2.56. The van der Waals surface area contributed by atoms with Gasteiger partial charge in [0, 0.05) is 5.69 Å².